The quantitative estimate of drug-likeness (QED) is 0.754. The lowest BCUT2D eigenvalue weighted by molar-refractivity contribution is 0.0730. The number of nitrogens with zero attached hydrogens (tertiary/aromatic N) is 2. The smallest absolute Gasteiger partial charge is 0.244 e. The summed E-state index contributed by atoms with van der Waals surface area (Å²) in [6.07, 6.45) is 1.37. The molecule has 1 aliphatic rings. The van der Waals surface area contributed by atoms with E-state index < -0.39 is 10.0 Å². The van der Waals surface area contributed by atoms with E-state index in [2.05, 4.69) is 10.3 Å². The molecule has 1 aliphatic heterocycles. The Bertz CT molecular complexity index is 512. The van der Waals surface area contributed by atoms with Crippen molar-refractivity contribution < 1.29 is 17.9 Å². The monoisotopic (exact) mass is 301 g/mol. The van der Waals surface area contributed by atoms with Gasteiger partial charge < -0.3 is 14.8 Å². The highest BCUT2D eigenvalue weighted by Crippen LogP contribution is 2.17. The van der Waals surface area contributed by atoms with Crippen LogP contribution in [0, 0.1) is 0 Å². The van der Waals surface area contributed by atoms with Gasteiger partial charge in [-0.3, -0.25) is 0 Å². The summed E-state index contributed by atoms with van der Waals surface area (Å²) in [6, 6.07) is 3.22. The van der Waals surface area contributed by atoms with E-state index in [1.807, 2.05) is 0 Å². The maximum absolute atomic E-state index is 12.3. The maximum atomic E-state index is 12.3. The predicted molar refractivity (Wildman–Crippen MR) is 74.2 cm³/mol. The number of pyridine rings is 1. The number of anilines is 1. The zero-order valence-corrected chi connectivity index (χ0v) is 12.2. The fourth-order valence-electron chi connectivity index (χ4n) is 1.85. The first-order chi connectivity index (χ1) is 9.64. The molecule has 7 nitrogen and oxygen atoms in total. The normalized spacial score (nSPS) is 17.1. The van der Waals surface area contributed by atoms with Gasteiger partial charge in [0.15, 0.2) is 0 Å². The lowest BCUT2D eigenvalue weighted by Gasteiger charge is -2.25. The van der Waals surface area contributed by atoms with Crippen molar-refractivity contribution in [3.05, 3.63) is 18.3 Å². The average molecular weight is 301 g/mol. The standard InChI is InChI=1S/C12H19N3O4S/c1-18-7-4-13-12-3-2-11(10-14-12)20(16,17)15-5-8-19-9-6-15/h2-3,10H,4-9H2,1H3,(H,13,14). The van der Waals surface area contributed by atoms with Crippen molar-refractivity contribution in [3.63, 3.8) is 0 Å². The third kappa shape index (κ3) is 3.66. The number of aromatic nitrogens is 1. The molecule has 8 heteroatoms. The topological polar surface area (TPSA) is 80.8 Å². The van der Waals surface area contributed by atoms with Gasteiger partial charge in [0.05, 0.1) is 19.8 Å². The molecule has 1 N–H and O–H groups in total. The Morgan fingerprint density at radius 2 is 2.15 bits per heavy atom. The molecule has 1 saturated heterocycles. The Kier molecular flexibility index (Phi) is 5.30. The van der Waals surface area contributed by atoms with Crippen LogP contribution in [0.5, 0.6) is 0 Å². The van der Waals surface area contributed by atoms with Crippen molar-refractivity contribution in [3.8, 4) is 0 Å². The molecule has 20 heavy (non-hydrogen) atoms. The van der Waals surface area contributed by atoms with Gasteiger partial charge in [-0.15, -0.1) is 0 Å². The molecule has 2 rings (SSSR count). The molecule has 112 valence electrons. The van der Waals surface area contributed by atoms with Crippen LogP contribution in [-0.4, -0.2) is 64.3 Å². The van der Waals surface area contributed by atoms with Gasteiger partial charge in [0, 0.05) is 32.9 Å². The third-order valence-electron chi connectivity index (χ3n) is 2.96. The molecule has 0 radical (unpaired) electrons. The first-order valence-electron chi connectivity index (χ1n) is 6.41. The van der Waals surface area contributed by atoms with Crippen molar-refractivity contribution >= 4 is 15.8 Å². The van der Waals surface area contributed by atoms with Gasteiger partial charge in [-0.1, -0.05) is 0 Å². The van der Waals surface area contributed by atoms with Crippen molar-refractivity contribution in [1.29, 1.82) is 0 Å². The molecule has 0 bridgehead atoms. The van der Waals surface area contributed by atoms with E-state index in [0.717, 1.165) is 0 Å². The highest BCUT2D eigenvalue weighted by atomic mass is 32.2. The lowest BCUT2D eigenvalue weighted by Crippen LogP contribution is -2.40. The fraction of sp³-hybridized carbons (Fsp3) is 0.583. The molecular formula is C12H19N3O4S. The maximum Gasteiger partial charge on any atom is 0.244 e. The van der Waals surface area contributed by atoms with Crippen molar-refractivity contribution in [1.82, 2.24) is 9.29 Å². The van der Waals surface area contributed by atoms with Gasteiger partial charge in [-0.2, -0.15) is 4.31 Å². The van der Waals surface area contributed by atoms with Gasteiger partial charge in [0.2, 0.25) is 10.0 Å². The molecular weight excluding hydrogens is 282 g/mol. The Morgan fingerprint density at radius 3 is 2.75 bits per heavy atom. The number of hydrogen-bond donors (Lipinski definition) is 1. The number of sulfonamides is 1. The molecule has 1 aromatic heterocycles. The highest BCUT2D eigenvalue weighted by Gasteiger charge is 2.26. The number of morpholine rings is 1. The van der Waals surface area contributed by atoms with Crippen LogP contribution in [0.25, 0.3) is 0 Å². The molecule has 0 aliphatic carbocycles. The predicted octanol–water partition coefficient (Wildman–Crippen LogP) is 0.161. The highest BCUT2D eigenvalue weighted by molar-refractivity contribution is 7.89. The second kappa shape index (κ2) is 6.98. The summed E-state index contributed by atoms with van der Waals surface area (Å²) in [4.78, 5) is 4.31. The van der Waals surface area contributed by atoms with Gasteiger partial charge in [-0.05, 0) is 12.1 Å². The van der Waals surface area contributed by atoms with Crippen LogP contribution in [0.1, 0.15) is 0 Å². The van der Waals surface area contributed by atoms with Gasteiger partial charge >= 0.3 is 0 Å². The van der Waals surface area contributed by atoms with Crippen LogP contribution < -0.4 is 5.32 Å². The Hall–Kier alpha value is -1.22. The minimum Gasteiger partial charge on any atom is -0.383 e. The lowest BCUT2D eigenvalue weighted by atomic mass is 10.4. The van der Waals surface area contributed by atoms with Crippen LogP contribution in [0.3, 0.4) is 0 Å². The van der Waals surface area contributed by atoms with E-state index >= 15 is 0 Å². The third-order valence-corrected chi connectivity index (χ3v) is 4.84. The Balaban J connectivity index is 2.04. The minimum atomic E-state index is -3.47. The van der Waals surface area contributed by atoms with Crippen LogP contribution in [0.2, 0.25) is 0 Å². The summed E-state index contributed by atoms with van der Waals surface area (Å²) in [5.74, 6) is 0.628. The molecule has 0 aromatic carbocycles. The number of nitrogens with one attached hydrogen (secondary N) is 1. The van der Waals surface area contributed by atoms with E-state index in [9.17, 15) is 8.42 Å². The van der Waals surface area contributed by atoms with Gasteiger partial charge in [-0.25, -0.2) is 13.4 Å². The number of methoxy groups -OCH3 is 1. The van der Waals surface area contributed by atoms with Crippen molar-refractivity contribution in [2.45, 2.75) is 4.90 Å². The molecule has 1 aromatic rings. The minimum absolute atomic E-state index is 0.205. The molecule has 1 fully saturated rings. The summed E-state index contributed by atoms with van der Waals surface area (Å²) in [5, 5.41) is 3.04. The summed E-state index contributed by atoms with van der Waals surface area (Å²) < 4.78 is 36.2. The summed E-state index contributed by atoms with van der Waals surface area (Å²) in [6.45, 7) is 2.83. The first-order valence-corrected chi connectivity index (χ1v) is 7.85. The van der Waals surface area contributed by atoms with Gasteiger partial charge in [0.25, 0.3) is 0 Å². The van der Waals surface area contributed by atoms with Gasteiger partial charge in [0.1, 0.15) is 10.7 Å². The van der Waals surface area contributed by atoms with Crippen LogP contribution in [-0.2, 0) is 19.5 Å². The van der Waals surface area contributed by atoms with E-state index in [4.69, 9.17) is 9.47 Å². The van der Waals surface area contributed by atoms with E-state index in [1.54, 1.807) is 19.2 Å². The van der Waals surface area contributed by atoms with E-state index in [-0.39, 0.29) is 4.90 Å². The SMILES string of the molecule is COCCNc1ccc(S(=O)(=O)N2CCOCC2)cn1. The summed E-state index contributed by atoms with van der Waals surface area (Å²) in [5.41, 5.74) is 0. The number of hydrogen-bond acceptors (Lipinski definition) is 6. The van der Waals surface area contributed by atoms with Crippen LogP contribution in [0.4, 0.5) is 5.82 Å². The Labute approximate surface area is 118 Å². The van der Waals surface area contributed by atoms with E-state index in [1.165, 1.54) is 10.5 Å². The van der Waals surface area contributed by atoms with Crippen LogP contribution >= 0.6 is 0 Å². The molecule has 0 amide bonds. The fourth-order valence-corrected chi connectivity index (χ4v) is 3.21. The first kappa shape index (κ1) is 15.2. The zero-order chi connectivity index (χ0) is 14.4. The number of ether oxygens (including phenoxy) is 2. The Morgan fingerprint density at radius 1 is 1.40 bits per heavy atom. The second-order valence-electron chi connectivity index (χ2n) is 4.32. The zero-order valence-electron chi connectivity index (χ0n) is 11.4. The van der Waals surface area contributed by atoms with Crippen molar-refractivity contribution in [2.24, 2.45) is 0 Å². The summed E-state index contributed by atoms with van der Waals surface area (Å²) in [7, 11) is -1.85. The molecule has 0 unspecified atom stereocenters. The van der Waals surface area contributed by atoms with E-state index in [0.29, 0.717) is 45.3 Å². The summed E-state index contributed by atoms with van der Waals surface area (Å²) >= 11 is 0. The van der Waals surface area contributed by atoms with Crippen LogP contribution in [0.15, 0.2) is 23.2 Å². The molecule has 0 saturated carbocycles. The number of rotatable bonds is 6. The molecule has 0 atom stereocenters. The molecule has 2 heterocycles. The largest absolute Gasteiger partial charge is 0.383 e. The van der Waals surface area contributed by atoms with Crippen molar-refractivity contribution in [2.75, 3.05) is 51.9 Å². The second-order valence-corrected chi connectivity index (χ2v) is 6.25. The molecule has 0 spiro atoms. The average Bonchev–Trinajstić information content (AvgIpc) is 2.49.